The van der Waals surface area contributed by atoms with Crippen LogP contribution in [0.15, 0.2) is 88.4 Å². The number of H-pyrrole nitrogens is 1. The van der Waals surface area contributed by atoms with Crippen LogP contribution < -0.4 is 15.6 Å². The van der Waals surface area contributed by atoms with E-state index in [0.29, 0.717) is 31.3 Å². The Hall–Kier alpha value is -3.82. The van der Waals surface area contributed by atoms with Gasteiger partial charge in [-0.15, -0.1) is 22.7 Å². The van der Waals surface area contributed by atoms with Gasteiger partial charge < -0.3 is 29.5 Å². The number of hydrogen-bond donors (Lipinski definition) is 4. The highest BCUT2D eigenvalue weighted by atomic mass is 32.1. The van der Waals surface area contributed by atoms with Crippen LogP contribution in [-0.2, 0) is 26.1 Å². The molecule has 1 aliphatic carbocycles. The van der Waals surface area contributed by atoms with Crippen molar-refractivity contribution in [2.75, 3.05) is 26.7 Å². The van der Waals surface area contributed by atoms with E-state index >= 15 is 0 Å². The minimum Gasteiger partial charge on any atom is -0.506 e. The van der Waals surface area contributed by atoms with Crippen LogP contribution in [0.4, 0.5) is 0 Å². The highest BCUT2D eigenvalue weighted by Crippen LogP contribution is 2.50. The van der Waals surface area contributed by atoms with E-state index in [0.717, 1.165) is 70.7 Å². The molecule has 0 aliphatic heterocycles. The van der Waals surface area contributed by atoms with Gasteiger partial charge in [0.25, 0.3) is 0 Å². The van der Waals surface area contributed by atoms with Crippen molar-refractivity contribution in [3.63, 3.8) is 0 Å². The molecule has 13 heteroatoms. The zero-order valence-corrected chi connectivity index (χ0v) is 36.5. The van der Waals surface area contributed by atoms with Gasteiger partial charge in [-0.05, 0) is 121 Å². The Morgan fingerprint density at radius 1 is 0.965 bits per heavy atom. The van der Waals surface area contributed by atoms with E-state index in [2.05, 4.69) is 73.1 Å². The summed E-state index contributed by atoms with van der Waals surface area (Å²) in [6, 6.07) is 23.3. The van der Waals surface area contributed by atoms with Crippen LogP contribution in [0, 0.1) is 5.92 Å². The Morgan fingerprint density at radius 2 is 1.63 bits per heavy atom. The fourth-order valence-electron chi connectivity index (χ4n) is 7.94. The lowest BCUT2D eigenvalue weighted by Crippen LogP contribution is -2.47. The predicted molar refractivity (Wildman–Crippen MR) is 232 cm³/mol. The van der Waals surface area contributed by atoms with Gasteiger partial charge in [-0.3, -0.25) is 9.68 Å². The van der Waals surface area contributed by atoms with E-state index < -0.39 is 19.7 Å². The summed E-state index contributed by atoms with van der Waals surface area (Å²) in [7, 11) is -0.00923. The van der Waals surface area contributed by atoms with Crippen molar-refractivity contribution >= 4 is 47.9 Å². The van der Waals surface area contributed by atoms with Crippen LogP contribution in [0.1, 0.15) is 79.9 Å². The number of carbonyl (C=O) groups is 1. The predicted octanol–water partition coefficient (Wildman–Crippen LogP) is 9.47. The maximum Gasteiger partial charge on any atom is 0.358 e. The molecule has 3 aromatic heterocycles. The first kappa shape index (κ1) is 42.8. The van der Waals surface area contributed by atoms with Crippen molar-refractivity contribution < 1.29 is 29.2 Å². The molecule has 0 saturated heterocycles. The zero-order chi connectivity index (χ0) is 40.8. The second-order valence-corrected chi connectivity index (χ2v) is 23.4. The molecule has 5 aromatic rings. The molecule has 6 rings (SSSR count). The second kappa shape index (κ2) is 18.4. The quantitative estimate of drug-likeness (QED) is 0.0313. The number of aromatic amines is 1. The van der Waals surface area contributed by atoms with Gasteiger partial charge in [-0.25, -0.2) is 4.79 Å². The van der Waals surface area contributed by atoms with Crippen molar-refractivity contribution in [3.8, 4) is 11.5 Å². The molecule has 306 valence electrons. The number of nitrogens with zero attached hydrogens (tertiary/aromatic N) is 1. The van der Waals surface area contributed by atoms with Crippen LogP contribution in [0.25, 0.3) is 10.9 Å². The summed E-state index contributed by atoms with van der Waals surface area (Å²) in [6.45, 7) is 13.8. The Morgan fingerprint density at radius 3 is 2.23 bits per heavy atom. The summed E-state index contributed by atoms with van der Waals surface area (Å²) >= 11 is 3.08. The standard InChI is InChI=1S/C44H57N3O7S2Si/c1-43(2,3)57(5,6)54-37(34-20-22-36(48)41-35(34)21-23-40(49)46-41)29-45-28-30-12-18-33(19-13-30)52-25-9-24-47(4)32-16-14-31(15-17-32)44(42(50)53-51,38-10-7-26-55-38)39-11-8-27-56-39/h7-8,10-13,18-23,26-27,31-32,37,45,48,51H,9,14-17,24-25,28-29H2,1-6H3,(H,46,49)/t31?,32?,37-/m0/s1. The number of aromatic nitrogens is 1. The molecule has 1 fully saturated rings. The number of phenols is 1. The number of fused-ring (bicyclic) bond motifs is 1. The fourth-order valence-corrected chi connectivity index (χ4v) is 11.3. The molecule has 4 N–H and O–H groups in total. The summed E-state index contributed by atoms with van der Waals surface area (Å²) in [4.78, 5) is 37.0. The zero-order valence-electron chi connectivity index (χ0n) is 33.9. The van der Waals surface area contributed by atoms with Gasteiger partial charge in [0.15, 0.2) is 8.32 Å². The number of ether oxygens (including phenoxy) is 1. The average molecular weight is 832 g/mol. The van der Waals surface area contributed by atoms with Gasteiger partial charge in [0.1, 0.15) is 16.9 Å². The number of carbonyl (C=O) groups excluding carboxylic acids is 1. The molecule has 0 radical (unpaired) electrons. The number of benzene rings is 2. The summed E-state index contributed by atoms with van der Waals surface area (Å²) in [5.74, 6) is 0.311. The van der Waals surface area contributed by atoms with Gasteiger partial charge in [-0.1, -0.05) is 51.1 Å². The van der Waals surface area contributed by atoms with Crippen LogP contribution in [0.5, 0.6) is 11.5 Å². The van der Waals surface area contributed by atoms with Crippen molar-refractivity contribution in [2.45, 2.75) is 95.1 Å². The molecule has 1 atom stereocenters. The molecule has 2 aromatic carbocycles. The first-order valence-electron chi connectivity index (χ1n) is 19.8. The smallest absolute Gasteiger partial charge is 0.358 e. The summed E-state index contributed by atoms with van der Waals surface area (Å²) in [5.41, 5.74) is 1.21. The number of hydrogen-bond acceptors (Lipinski definition) is 11. The highest BCUT2D eigenvalue weighted by molar-refractivity contribution is 7.12. The second-order valence-electron chi connectivity index (χ2n) is 16.8. The Labute approximate surface area is 344 Å². The average Bonchev–Trinajstić information content (AvgIpc) is 3.94. The molecule has 1 aliphatic rings. The van der Waals surface area contributed by atoms with Crippen molar-refractivity contribution in [1.29, 1.82) is 0 Å². The largest absolute Gasteiger partial charge is 0.506 e. The number of thiophene rings is 2. The lowest BCUT2D eigenvalue weighted by Gasteiger charge is -2.42. The van der Waals surface area contributed by atoms with Crippen LogP contribution in [-0.4, -0.2) is 67.3 Å². The van der Waals surface area contributed by atoms with Crippen molar-refractivity contribution in [3.05, 3.63) is 115 Å². The van der Waals surface area contributed by atoms with Crippen molar-refractivity contribution in [1.82, 2.24) is 15.2 Å². The SMILES string of the molecule is CN(CCCOc1ccc(CNC[C@H](O[Si](C)(C)C(C)(C)C)c2ccc(O)c3[nH]c(=O)ccc23)cc1)C1CCC(C(C(=O)OO)(c2cccs2)c2cccs2)CC1. The minimum atomic E-state index is -2.18. The molecule has 0 unspecified atom stereocenters. The van der Waals surface area contributed by atoms with Gasteiger partial charge in [0, 0.05) is 46.9 Å². The highest BCUT2D eigenvalue weighted by Gasteiger charge is 2.53. The van der Waals surface area contributed by atoms with Gasteiger partial charge >= 0.3 is 5.97 Å². The third kappa shape index (κ3) is 9.57. The molecule has 0 amide bonds. The van der Waals surface area contributed by atoms with Crippen LogP contribution in [0.3, 0.4) is 0 Å². The number of rotatable bonds is 17. The van der Waals surface area contributed by atoms with E-state index in [4.69, 9.17) is 9.16 Å². The number of aromatic hydroxyl groups is 1. The number of pyridine rings is 1. The third-order valence-electron chi connectivity index (χ3n) is 12.2. The summed E-state index contributed by atoms with van der Waals surface area (Å²) < 4.78 is 13.1. The van der Waals surface area contributed by atoms with E-state index in [-0.39, 0.29) is 28.4 Å². The Kier molecular flexibility index (Phi) is 13.8. The lowest BCUT2D eigenvalue weighted by molar-refractivity contribution is -0.241. The van der Waals surface area contributed by atoms with E-state index in [1.165, 1.54) is 6.07 Å². The number of phenolic OH excluding ortho intramolecular Hbond substituents is 1. The lowest BCUT2D eigenvalue weighted by atomic mass is 9.66. The fraction of sp³-hybridized carbons (Fsp3) is 0.455. The van der Waals surface area contributed by atoms with E-state index in [1.807, 2.05) is 53.2 Å². The molecular weight excluding hydrogens is 775 g/mol. The molecule has 0 bridgehead atoms. The normalized spacial score (nSPS) is 17.2. The summed E-state index contributed by atoms with van der Waals surface area (Å²) in [6.07, 6.45) is 4.25. The van der Waals surface area contributed by atoms with Gasteiger partial charge in [-0.2, -0.15) is 5.26 Å². The molecule has 10 nitrogen and oxygen atoms in total. The monoisotopic (exact) mass is 831 g/mol. The topological polar surface area (TPSA) is 133 Å². The third-order valence-corrected chi connectivity index (χ3v) is 18.7. The van der Waals surface area contributed by atoms with Crippen LogP contribution >= 0.6 is 22.7 Å². The maximum absolute atomic E-state index is 13.4. The van der Waals surface area contributed by atoms with Gasteiger partial charge in [0.05, 0.1) is 18.2 Å². The molecule has 57 heavy (non-hydrogen) atoms. The first-order valence-corrected chi connectivity index (χ1v) is 24.5. The Balaban J connectivity index is 0.989. The Bertz CT molecular complexity index is 2070. The first-order chi connectivity index (χ1) is 27.2. The van der Waals surface area contributed by atoms with Gasteiger partial charge in [0.2, 0.25) is 5.56 Å². The molecular formula is C44H57N3O7S2Si. The summed E-state index contributed by atoms with van der Waals surface area (Å²) in [5, 5.41) is 28.5. The maximum atomic E-state index is 13.4. The van der Waals surface area contributed by atoms with Crippen LogP contribution in [0.2, 0.25) is 18.1 Å². The van der Waals surface area contributed by atoms with E-state index in [1.54, 1.807) is 34.8 Å². The van der Waals surface area contributed by atoms with E-state index in [9.17, 15) is 20.0 Å². The molecule has 1 saturated carbocycles. The number of nitrogens with one attached hydrogen (secondary N) is 2. The minimum absolute atomic E-state index is 0.000661. The molecule has 0 spiro atoms. The molecule has 3 heterocycles. The van der Waals surface area contributed by atoms with Crippen molar-refractivity contribution in [2.24, 2.45) is 5.92 Å².